The number of hydrogen-bond donors (Lipinski definition) is 1. The van der Waals surface area contributed by atoms with Crippen LogP contribution in [0.5, 0.6) is 0 Å². The van der Waals surface area contributed by atoms with Crippen LogP contribution in [0.1, 0.15) is 106 Å². The van der Waals surface area contributed by atoms with Crippen molar-refractivity contribution in [3.05, 3.63) is 58.2 Å². The fourth-order valence-corrected chi connectivity index (χ4v) is 5.70. The Kier molecular flexibility index (Phi) is 17.2. The summed E-state index contributed by atoms with van der Waals surface area (Å²) in [5.41, 5.74) is 6.11. The van der Waals surface area contributed by atoms with Crippen molar-refractivity contribution in [3.8, 4) is 0 Å². The smallest absolute Gasteiger partial charge is 0.157 e. The Morgan fingerprint density at radius 3 is 1.82 bits per heavy atom. The second kappa shape index (κ2) is 18.0. The molecule has 0 aromatic carbocycles. The van der Waals surface area contributed by atoms with Gasteiger partial charge in [-0.2, -0.15) is 0 Å². The summed E-state index contributed by atoms with van der Waals surface area (Å²) < 4.78 is 26.2. The first-order valence-electron chi connectivity index (χ1n) is 12.6. The molecule has 0 aromatic heterocycles. The third kappa shape index (κ3) is 16.0. The Morgan fingerprint density at radius 2 is 1.27 bits per heavy atom. The van der Waals surface area contributed by atoms with Crippen LogP contribution < -0.4 is 0 Å². The van der Waals surface area contributed by atoms with E-state index in [1.165, 1.54) is 22.3 Å². The van der Waals surface area contributed by atoms with E-state index in [4.69, 9.17) is 5.11 Å². The molecule has 1 N–H and O–H groups in total. The van der Waals surface area contributed by atoms with Crippen LogP contribution in [-0.4, -0.2) is 31.1 Å². The van der Waals surface area contributed by atoms with E-state index in [0.29, 0.717) is 6.42 Å². The summed E-state index contributed by atoms with van der Waals surface area (Å²) in [6, 6.07) is 0. The van der Waals surface area contributed by atoms with Gasteiger partial charge >= 0.3 is 0 Å². The van der Waals surface area contributed by atoms with Crippen LogP contribution >= 0.6 is 0 Å². The molecule has 0 saturated heterocycles. The first-order chi connectivity index (χ1) is 15.5. The lowest BCUT2D eigenvalue weighted by Gasteiger charge is -2.18. The fraction of sp³-hybridized carbons (Fsp3) is 0.655. The number of hydrogen-bond acceptors (Lipinski definition) is 3. The topological polar surface area (TPSA) is 54.4 Å². The van der Waals surface area contributed by atoms with Crippen molar-refractivity contribution < 1.29 is 13.5 Å². The molecular formula is C29H50O3S. The van der Waals surface area contributed by atoms with Gasteiger partial charge in [-0.15, -0.1) is 0 Å². The average Bonchev–Trinajstić information content (AvgIpc) is 2.72. The molecule has 1 atom stereocenters. The first-order valence-corrected chi connectivity index (χ1v) is 14.3. The van der Waals surface area contributed by atoms with Crippen LogP contribution in [-0.2, 0) is 9.84 Å². The van der Waals surface area contributed by atoms with Gasteiger partial charge in [-0.3, -0.25) is 0 Å². The highest BCUT2D eigenvalue weighted by Crippen LogP contribution is 2.22. The van der Waals surface area contributed by atoms with Crippen LogP contribution in [0.4, 0.5) is 0 Å². The van der Waals surface area contributed by atoms with Gasteiger partial charge in [0.15, 0.2) is 9.84 Å². The monoisotopic (exact) mass is 478 g/mol. The summed E-state index contributed by atoms with van der Waals surface area (Å²) >= 11 is 0. The third-order valence-corrected chi connectivity index (χ3v) is 8.26. The van der Waals surface area contributed by atoms with Gasteiger partial charge in [-0.1, -0.05) is 71.6 Å². The summed E-state index contributed by atoms with van der Waals surface area (Å²) in [5, 5.41) is 8.52. The molecule has 0 radical (unpaired) electrons. The zero-order valence-corrected chi connectivity index (χ0v) is 23.2. The zero-order valence-electron chi connectivity index (χ0n) is 22.4. The van der Waals surface area contributed by atoms with Crippen molar-refractivity contribution in [2.45, 2.75) is 112 Å². The summed E-state index contributed by atoms with van der Waals surface area (Å²) in [5.74, 6) is 0.268. The molecule has 0 spiro atoms. The van der Waals surface area contributed by atoms with Crippen molar-refractivity contribution >= 4 is 9.84 Å². The molecule has 0 aromatic rings. The maximum absolute atomic E-state index is 13.1. The minimum Gasteiger partial charge on any atom is -0.392 e. The van der Waals surface area contributed by atoms with E-state index in [1.54, 1.807) is 0 Å². The highest BCUT2D eigenvalue weighted by molar-refractivity contribution is 7.92. The van der Waals surface area contributed by atoms with Gasteiger partial charge in [-0.05, 0) is 92.9 Å². The van der Waals surface area contributed by atoms with Crippen LogP contribution in [0.3, 0.4) is 0 Å². The lowest BCUT2D eigenvalue weighted by molar-refractivity contribution is 0.341. The first kappa shape index (κ1) is 31.6. The number of unbranched alkanes of at least 4 members (excludes halogenated alkanes) is 1. The normalized spacial score (nSPS) is 15.0. The number of sulfone groups is 1. The van der Waals surface area contributed by atoms with Crippen LogP contribution in [0, 0.1) is 0 Å². The highest BCUT2D eigenvalue weighted by atomic mass is 32.2. The van der Waals surface area contributed by atoms with E-state index >= 15 is 0 Å². The summed E-state index contributed by atoms with van der Waals surface area (Å²) in [6.45, 7) is 14.6. The van der Waals surface area contributed by atoms with Crippen LogP contribution in [0.2, 0.25) is 0 Å². The highest BCUT2D eigenvalue weighted by Gasteiger charge is 2.25. The molecule has 0 heterocycles. The lowest BCUT2D eigenvalue weighted by Crippen LogP contribution is -2.25. The predicted octanol–water partition coefficient (Wildman–Crippen LogP) is 8.04. The lowest BCUT2D eigenvalue weighted by atomic mass is 10.0. The Labute approximate surface area is 205 Å². The van der Waals surface area contributed by atoms with E-state index in [9.17, 15) is 8.42 Å². The predicted molar refractivity (Wildman–Crippen MR) is 146 cm³/mol. The molecular weight excluding hydrogens is 428 g/mol. The number of rotatable bonds is 17. The van der Waals surface area contributed by atoms with Gasteiger partial charge in [0.2, 0.25) is 0 Å². The quantitative estimate of drug-likeness (QED) is 0.215. The van der Waals surface area contributed by atoms with Crippen LogP contribution in [0.25, 0.3) is 0 Å². The van der Waals surface area contributed by atoms with Gasteiger partial charge in [-0.25, -0.2) is 8.42 Å². The third-order valence-electron chi connectivity index (χ3n) is 5.97. The molecule has 4 heteroatoms. The summed E-state index contributed by atoms with van der Waals surface area (Å²) in [7, 11) is -3.16. The van der Waals surface area contributed by atoms with Gasteiger partial charge in [0.05, 0.1) is 17.6 Å². The zero-order chi connectivity index (χ0) is 25.3. The molecule has 0 rings (SSSR count). The second-order valence-corrected chi connectivity index (χ2v) is 11.9. The standard InChI is InChI=1S/C29H50O3S/c1-8-9-23-33(31,32)29(20-19-26(5)14-10-13-24(2)3)28(7)18-12-17-25(4)15-11-16-27(6)21-22-30/h13,15,18-19,21,29-30H,8-12,14,16-17,20,22-23H2,1-7H3/b25-15?,26-19+,27-21?,28-18?. The molecule has 0 saturated carbocycles. The van der Waals surface area contributed by atoms with Crippen molar-refractivity contribution in [1.82, 2.24) is 0 Å². The molecule has 0 aliphatic heterocycles. The maximum Gasteiger partial charge on any atom is 0.157 e. The van der Waals surface area contributed by atoms with E-state index < -0.39 is 15.1 Å². The van der Waals surface area contributed by atoms with E-state index in [2.05, 4.69) is 52.0 Å². The van der Waals surface area contributed by atoms with Gasteiger partial charge < -0.3 is 5.11 Å². The van der Waals surface area contributed by atoms with E-state index in [0.717, 1.165) is 56.9 Å². The molecule has 0 aliphatic rings. The average molecular weight is 479 g/mol. The SMILES string of the molecule is CCCCS(=O)(=O)C(C/C=C(\C)CCC=C(C)C)C(C)=CCCC(C)=CCCC(C)=CCO. The van der Waals surface area contributed by atoms with Crippen molar-refractivity contribution in [1.29, 1.82) is 0 Å². The number of aliphatic hydroxyl groups excluding tert-OH is 1. The van der Waals surface area contributed by atoms with Crippen molar-refractivity contribution in [2.24, 2.45) is 0 Å². The van der Waals surface area contributed by atoms with Crippen molar-refractivity contribution in [3.63, 3.8) is 0 Å². The fourth-order valence-electron chi connectivity index (χ4n) is 3.67. The molecule has 190 valence electrons. The molecule has 0 amide bonds. The Hall–Kier alpha value is -1.39. The number of allylic oxidation sites excluding steroid dienone is 8. The number of aliphatic hydroxyl groups is 1. The Balaban J connectivity index is 5.17. The minimum atomic E-state index is -3.16. The molecule has 0 fully saturated rings. The van der Waals surface area contributed by atoms with Gasteiger partial charge in [0.1, 0.15) is 0 Å². The largest absolute Gasteiger partial charge is 0.392 e. The Bertz CT molecular complexity index is 804. The van der Waals surface area contributed by atoms with Crippen LogP contribution in [0.15, 0.2) is 58.2 Å². The minimum absolute atomic E-state index is 0.102. The van der Waals surface area contributed by atoms with E-state index in [1.807, 2.05) is 26.8 Å². The summed E-state index contributed by atoms with van der Waals surface area (Å²) in [4.78, 5) is 0. The molecule has 3 nitrogen and oxygen atoms in total. The second-order valence-electron chi connectivity index (χ2n) is 9.62. The molecule has 33 heavy (non-hydrogen) atoms. The van der Waals surface area contributed by atoms with Gasteiger partial charge in [0, 0.05) is 0 Å². The maximum atomic E-state index is 13.1. The van der Waals surface area contributed by atoms with E-state index in [-0.39, 0.29) is 12.4 Å². The van der Waals surface area contributed by atoms with Gasteiger partial charge in [0.25, 0.3) is 0 Å². The molecule has 1 unspecified atom stereocenters. The van der Waals surface area contributed by atoms with Crippen molar-refractivity contribution in [2.75, 3.05) is 12.4 Å². The summed E-state index contributed by atoms with van der Waals surface area (Å²) in [6.07, 6.45) is 18.5. The Morgan fingerprint density at radius 1 is 0.758 bits per heavy atom. The molecule has 0 bridgehead atoms. The molecule has 0 aliphatic carbocycles.